The first-order valence-corrected chi connectivity index (χ1v) is 11.0. The van der Waals surface area contributed by atoms with Crippen molar-refractivity contribution < 1.29 is 0 Å². The highest BCUT2D eigenvalue weighted by Gasteiger charge is 2.22. The van der Waals surface area contributed by atoms with Crippen molar-refractivity contribution in [1.29, 1.82) is 0 Å². The van der Waals surface area contributed by atoms with E-state index in [1.54, 1.807) is 6.33 Å². The molecule has 1 saturated heterocycles. The number of benzene rings is 1. The molecule has 1 aliphatic rings. The van der Waals surface area contributed by atoms with Crippen molar-refractivity contribution >= 4 is 5.96 Å². The van der Waals surface area contributed by atoms with Crippen LogP contribution in [0, 0.1) is 0 Å². The van der Waals surface area contributed by atoms with Crippen LogP contribution in [0.1, 0.15) is 38.1 Å². The van der Waals surface area contributed by atoms with Gasteiger partial charge < -0.3 is 15.2 Å². The Hall–Kier alpha value is -2.41. The molecule has 2 heterocycles. The van der Waals surface area contributed by atoms with Crippen molar-refractivity contribution in [2.24, 2.45) is 4.99 Å². The molecular weight excluding hydrogens is 362 g/mol. The molecule has 0 bridgehead atoms. The van der Waals surface area contributed by atoms with Crippen LogP contribution in [0.15, 0.2) is 41.7 Å². The van der Waals surface area contributed by atoms with Gasteiger partial charge in [0.05, 0.1) is 6.54 Å². The minimum atomic E-state index is 0.567. The molecular formula is C22H35N7. The summed E-state index contributed by atoms with van der Waals surface area (Å²) in [5.41, 5.74) is 1.34. The maximum Gasteiger partial charge on any atom is 0.191 e. The van der Waals surface area contributed by atoms with Crippen LogP contribution >= 0.6 is 0 Å². The number of hydrogen-bond acceptors (Lipinski definition) is 4. The van der Waals surface area contributed by atoms with Gasteiger partial charge in [0.1, 0.15) is 12.2 Å². The molecule has 0 saturated carbocycles. The number of likely N-dealkylation sites (tertiary alicyclic amines) is 1. The normalized spacial score (nSPS) is 17.6. The summed E-state index contributed by atoms with van der Waals surface area (Å²) < 4.78 is 2.10. The Morgan fingerprint density at radius 3 is 2.79 bits per heavy atom. The summed E-state index contributed by atoms with van der Waals surface area (Å²) in [6, 6.07) is 11.1. The molecule has 0 amide bonds. The molecule has 158 valence electrons. The van der Waals surface area contributed by atoms with Gasteiger partial charge in [-0.05, 0) is 37.9 Å². The molecule has 0 aliphatic carbocycles. The molecule has 1 unspecified atom stereocenters. The highest BCUT2D eigenvalue weighted by molar-refractivity contribution is 5.79. The molecule has 2 aromatic rings. The minimum absolute atomic E-state index is 0.567. The van der Waals surface area contributed by atoms with E-state index in [2.05, 4.69) is 74.5 Å². The van der Waals surface area contributed by atoms with Crippen LogP contribution in [0.5, 0.6) is 0 Å². The summed E-state index contributed by atoms with van der Waals surface area (Å²) >= 11 is 0. The first-order valence-electron chi connectivity index (χ1n) is 11.0. The highest BCUT2D eigenvalue weighted by atomic mass is 15.3. The van der Waals surface area contributed by atoms with E-state index >= 15 is 0 Å². The predicted octanol–water partition coefficient (Wildman–Crippen LogP) is 2.10. The Kier molecular flexibility index (Phi) is 8.49. The van der Waals surface area contributed by atoms with E-state index in [0.717, 1.165) is 57.3 Å². The van der Waals surface area contributed by atoms with Gasteiger partial charge in [0, 0.05) is 32.1 Å². The summed E-state index contributed by atoms with van der Waals surface area (Å²) in [4.78, 5) is 7.45. The first-order chi connectivity index (χ1) is 14.3. The number of hydrogen-bond donors (Lipinski definition) is 2. The Morgan fingerprint density at radius 1 is 1.17 bits per heavy atom. The molecule has 29 heavy (non-hydrogen) atoms. The van der Waals surface area contributed by atoms with Crippen molar-refractivity contribution in [2.45, 2.75) is 52.1 Å². The molecule has 1 fully saturated rings. The number of aromatic nitrogens is 3. The van der Waals surface area contributed by atoms with Crippen molar-refractivity contribution in [2.75, 3.05) is 32.7 Å². The van der Waals surface area contributed by atoms with Gasteiger partial charge in [-0.2, -0.15) is 0 Å². The molecule has 1 atom stereocenters. The topological polar surface area (TPSA) is 70.4 Å². The molecule has 0 radical (unpaired) electrons. The van der Waals surface area contributed by atoms with E-state index in [4.69, 9.17) is 4.99 Å². The second-order valence-electron chi connectivity index (χ2n) is 7.50. The lowest BCUT2D eigenvalue weighted by atomic mass is 10.1. The number of aliphatic imine (C=N–C) groups is 1. The van der Waals surface area contributed by atoms with Gasteiger partial charge in [0.25, 0.3) is 0 Å². The van der Waals surface area contributed by atoms with Crippen LogP contribution in [0.25, 0.3) is 0 Å². The number of aryl methyl sites for hydroxylation is 1. The van der Waals surface area contributed by atoms with E-state index in [1.807, 2.05) is 0 Å². The molecule has 0 spiro atoms. The standard InChI is InChI=1S/C22H35N7/c1-3-21-27-26-18-29(21)16-14-24-22(23-13-12-19-9-6-5-7-10-19)25-17-20-11-8-15-28(20)4-2/h5-7,9-10,18,20H,3-4,8,11-17H2,1-2H3,(H2,23,24,25). The lowest BCUT2D eigenvalue weighted by Crippen LogP contribution is -2.41. The molecule has 1 aliphatic heterocycles. The Labute approximate surface area is 174 Å². The van der Waals surface area contributed by atoms with Crippen molar-refractivity contribution in [3.8, 4) is 0 Å². The van der Waals surface area contributed by atoms with Gasteiger partial charge >= 0.3 is 0 Å². The number of rotatable bonds is 10. The van der Waals surface area contributed by atoms with Crippen LogP contribution in [-0.2, 0) is 19.4 Å². The summed E-state index contributed by atoms with van der Waals surface area (Å²) in [5.74, 6) is 1.92. The van der Waals surface area contributed by atoms with Gasteiger partial charge in [-0.25, -0.2) is 0 Å². The summed E-state index contributed by atoms with van der Waals surface area (Å²) in [5, 5.41) is 15.2. The Morgan fingerprint density at radius 2 is 2.00 bits per heavy atom. The van der Waals surface area contributed by atoms with Gasteiger partial charge in [-0.15, -0.1) is 10.2 Å². The third-order valence-corrected chi connectivity index (χ3v) is 5.57. The fourth-order valence-electron chi connectivity index (χ4n) is 3.89. The number of nitrogens with one attached hydrogen (secondary N) is 2. The molecule has 1 aromatic carbocycles. The molecule has 3 rings (SSSR count). The van der Waals surface area contributed by atoms with E-state index in [0.29, 0.717) is 6.04 Å². The lowest BCUT2D eigenvalue weighted by molar-refractivity contribution is 0.273. The van der Waals surface area contributed by atoms with Crippen molar-refractivity contribution in [3.63, 3.8) is 0 Å². The average molecular weight is 398 g/mol. The van der Waals surface area contributed by atoms with Crippen LogP contribution in [0.3, 0.4) is 0 Å². The quantitative estimate of drug-likeness (QED) is 0.475. The summed E-state index contributed by atoms with van der Waals surface area (Å²) in [6.45, 7) is 10.00. The van der Waals surface area contributed by atoms with E-state index < -0.39 is 0 Å². The second kappa shape index (κ2) is 11.6. The molecule has 2 N–H and O–H groups in total. The van der Waals surface area contributed by atoms with E-state index in [1.165, 1.54) is 24.9 Å². The Bertz CT molecular complexity index is 741. The third kappa shape index (κ3) is 6.56. The lowest BCUT2D eigenvalue weighted by Gasteiger charge is -2.21. The maximum atomic E-state index is 4.91. The van der Waals surface area contributed by atoms with Gasteiger partial charge in [0.2, 0.25) is 0 Å². The fourth-order valence-corrected chi connectivity index (χ4v) is 3.89. The summed E-state index contributed by atoms with van der Waals surface area (Å²) in [7, 11) is 0. The largest absolute Gasteiger partial charge is 0.356 e. The van der Waals surface area contributed by atoms with Crippen molar-refractivity contribution in [1.82, 2.24) is 30.3 Å². The first kappa shape index (κ1) is 21.3. The number of nitrogens with zero attached hydrogens (tertiary/aromatic N) is 5. The maximum absolute atomic E-state index is 4.91. The highest BCUT2D eigenvalue weighted by Crippen LogP contribution is 2.16. The molecule has 7 heteroatoms. The van der Waals surface area contributed by atoms with Gasteiger partial charge in [0.15, 0.2) is 5.96 Å². The van der Waals surface area contributed by atoms with Crippen LogP contribution < -0.4 is 10.6 Å². The second-order valence-corrected chi connectivity index (χ2v) is 7.50. The third-order valence-electron chi connectivity index (χ3n) is 5.57. The summed E-state index contributed by atoms with van der Waals surface area (Å²) in [6.07, 6.45) is 6.21. The zero-order chi connectivity index (χ0) is 20.3. The predicted molar refractivity (Wildman–Crippen MR) is 118 cm³/mol. The smallest absolute Gasteiger partial charge is 0.191 e. The molecule has 1 aromatic heterocycles. The van der Waals surface area contributed by atoms with Crippen LogP contribution in [0.4, 0.5) is 0 Å². The van der Waals surface area contributed by atoms with Crippen LogP contribution in [0.2, 0.25) is 0 Å². The zero-order valence-electron chi connectivity index (χ0n) is 17.8. The number of guanidine groups is 1. The monoisotopic (exact) mass is 397 g/mol. The number of likely N-dealkylation sites (N-methyl/N-ethyl adjacent to an activating group) is 1. The van der Waals surface area contributed by atoms with Crippen LogP contribution in [-0.4, -0.2) is 64.4 Å². The molecule has 7 nitrogen and oxygen atoms in total. The van der Waals surface area contributed by atoms with E-state index in [9.17, 15) is 0 Å². The average Bonchev–Trinajstić information content (AvgIpc) is 3.41. The van der Waals surface area contributed by atoms with Crippen molar-refractivity contribution in [3.05, 3.63) is 48.0 Å². The fraction of sp³-hybridized carbons (Fsp3) is 0.591. The minimum Gasteiger partial charge on any atom is -0.356 e. The zero-order valence-corrected chi connectivity index (χ0v) is 17.8. The van der Waals surface area contributed by atoms with Gasteiger partial charge in [-0.3, -0.25) is 9.89 Å². The SMILES string of the molecule is CCc1nncn1CCNC(=NCC1CCCN1CC)NCCc1ccccc1. The van der Waals surface area contributed by atoms with Gasteiger partial charge in [-0.1, -0.05) is 44.2 Å². The Balaban J connectivity index is 1.53. The van der Waals surface area contributed by atoms with E-state index in [-0.39, 0.29) is 0 Å².